The zero-order valence-corrected chi connectivity index (χ0v) is 13.3. The summed E-state index contributed by atoms with van der Waals surface area (Å²) in [5, 5.41) is 0. The number of hydrogen-bond donors (Lipinski definition) is 1. The molecule has 128 valence electrons. The fraction of sp³-hybridized carbons (Fsp3) is 0.100. The lowest BCUT2D eigenvalue weighted by Crippen LogP contribution is -2.04. The van der Waals surface area contributed by atoms with Crippen LogP contribution in [0.2, 0.25) is 0 Å². The van der Waals surface area contributed by atoms with Gasteiger partial charge in [0.2, 0.25) is 0 Å². The van der Waals surface area contributed by atoms with Crippen molar-refractivity contribution in [1.82, 2.24) is 0 Å². The second-order valence-electron chi connectivity index (χ2n) is 5.60. The first kappa shape index (κ1) is 16.9. The maximum absolute atomic E-state index is 12.7. The monoisotopic (exact) mass is 343 g/mol. The molecule has 0 radical (unpaired) electrons. The van der Waals surface area contributed by atoms with Crippen molar-refractivity contribution in [2.24, 2.45) is 0 Å². The molecular weight excluding hydrogens is 327 g/mol. The Hall–Kier alpha value is -2.95. The van der Waals surface area contributed by atoms with Crippen LogP contribution < -0.4 is 10.5 Å². The summed E-state index contributed by atoms with van der Waals surface area (Å²) >= 11 is 0. The molecule has 0 saturated carbocycles. The van der Waals surface area contributed by atoms with E-state index in [0.717, 1.165) is 23.3 Å². The van der Waals surface area contributed by atoms with E-state index in [1.165, 1.54) is 12.1 Å². The lowest BCUT2D eigenvalue weighted by atomic mass is 10.0. The molecule has 0 atom stereocenters. The summed E-state index contributed by atoms with van der Waals surface area (Å²) in [5.74, 6) is 0.501. The molecule has 0 saturated heterocycles. The highest BCUT2D eigenvalue weighted by molar-refractivity contribution is 5.70. The Labute approximate surface area is 143 Å². The van der Waals surface area contributed by atoms with E-state index in [-0.39, 0.29) is 0 Å². The normalized spacial score (nSPS) is 11.3. The van der Waals surface area contributed by atoms with Gasteiger partial charge in [-0.3, -0.25) is 0 Å². The maximum atomic E-state index is 12.7. The molecule has 3 rings (SSSR count). The smallest absolute Gasteiger partial charge is 0.416 e. The summed E-state index contributed by atoms with van der Waals surface area (Å²) in [4.78, 5) is 0. The Morgan fingerprint density at radius 1 is 0.800 bits per heavy atom. The number of benzene rings is 3. The Morgan fingerprint density at radius 2 is 1.44 bits per heavy atom. The van der Waals surface area contributed by atoms with Gasteiger partial charge in [0.25, 0.3) is 0 Å². The number of anilines is 1. The molecule has 3 aromatic carbocycles. The average molecular weight is 343 g/mol. The number of halogens is 3. The van der Waals surface area contributed by atoms with Gasteiger partial charge in [0, 0.05) is 0 Å². The Kier molecular flexibility index (Phi) is 4.65. The summed E-state index contributed by atoms with van der Waals surface area (Å²) < 4.78 is 43.8. The molecule has 0 amide bonds. The van der Waals surface area contributed by atoms with Gasteiger partial charge in [-0.15, -0.1) is 0 Å². The largest absolute Gasteiger partial charge is 0.487 e. The van der Waals surface area contributed by atoms with Gasteiger partial charge in [-0.1, -0.05) is 48.5 Å². The van der Waals surface area contributed by atoms with Gasteiger partial charge in [0.05, 0.1) is 11.3 Å². The standard InChI is InChI=1S/C20H16F3NO/c21-20(22,23)17-9-6-15(7-10-17)16-8-11-18(24)19(12-16)25-13-14-4-2-1-3-5-14/h1-12H,13,24H2. The molecule has 0 bridgehead atoms. The van der Waals surface area contributed by atoms with Crippen molar-refractivity contribution >= 4 is 5.69 Å². The zero-order chi connectivity index (χ0) is 17.9. The molecule has 0 heterocycles. The Morgan fingerprint density at radius 3 is 2.08 bits per heavy atom. The van der Waals surface area contributed by atoms with Crippen LogP contribution in [-0.4, -0.2) is 0 Å². The van der Waals surface area contributed by atoms with Crippen molar-refractivity contribution in [2.75, 3.05) is 5.73 Å². The second kappa shape index (κ2) is 6.89. The first-order chi connectivity index (χ1) is 11.9. The van der Waals surface area contributed by atoms with Crippen LogP contribution in [0.1, 0.15) is 11.1 Å². The van der Waals surface area contributed by atoms with E-state index in [1.54, 1.807) is 18.2 Å². The van der Waals surface area contributed by atoms with Crippen molar-refractivity contribution in [1.29, 1.82) is 0 Å². The maximum Gasteiger partial charge on any atom is 0.416 e. The Balaban J connectivity index is 1.81. The van der Waals surface area contributed by atoms with Gasteiger partial charge in [0.15, 0.2) is 0 Å². The van der Waals surface area contributed by atoms with Crippen LogP contribution in [0.15, 0.2) is 72.8 Å². The molecule has 0 fully saturated rings. The number of nitrogens with two attached hydrogens (primary N) is 1. The minimum Gasteiger partial charge on any atom is -0.487 e. The first-order valence-corrected chi connectivity index (χ1v) is 7.67. The highest BCUT2D eigenvalue weighted by Gasteiger charge is 2.29. The third kappa shape index (κ3) is 4.12. The van der Waals surface area contributed by atoms with E-state index in [2.05, 4.69) is 0 Å². The summed E-state index contributed by atoms with van der Waals surface area (Å²) in [5.41, 5.74) is 8.15. The van der Waals surface area contributed by atoms with Crippen molar-refractivity contribution in [3.63, 3.8) is 0 Å². The summed E-state index contributed by atoms with van der Waals surface area (Å²) in [6.45, 7) is 0.363. The molecule has 3 aromatic rings. The molecule has 0 unspecified atom stereocenters. The van der Waals surface area contributed by atoms with Crippen molar-refractivity contribution < 1.29 is 17.9 Å². The average Bonchev–Trinajstić information content (AvgIpc) is 2.61. The van der Waals surface area contributed by atoms with E-state index in [4.69, 9.17) is 10.5 Å². The van der Waals surface area contributed by atoms with Crippen molar-refractivity contribution in [2.45, 2.75) is 12.8 Å². The summed E-state index contributed by atoms with van der Waals surface area (Å²) in [7, 11) is 0. The van der Waals surface area contributed by atoms with Crippen LogP contribution in [0.5, 0.6) is 5.75 Å². The minimum atomic E-state index is -4.34. The van der Waals surface area contributed by atoms with E-state index >= 15 is 0 Å². The van der Waals surface area contributed by atoms with Crippen LogP contribution in [0, 0.1) is 0 Å². The number of rotatable bonds is 4. The van der Waals surface area contributed by atoms with E-state index in [9.17, 15) is 13.2 Å². The lowest BCUT2D eigenvalue weighted by molar-refractivity contribution is -0.137. The van der Waals surface area contributed by atoms with Gasteiger partial charge in [-0.25, -0.2) is 0 Å². The quantitative estimate of drug-likeness (QED) is 0.632. The molecule has 25 heavy (non-hydrogen) atoms. The van der Waals surface area contributed by atoms with Gasteiger partial charge in [-0.2, -0.15) is 13.2 Å². The van der Waals surface area contributed by atoms with Crippen LogP contribution in [-0.2, 0) is 12.8 Å². The highest BCUT2D eigenvalue weighted by Crippen LogP contribution is 2.33. The fourth-order valence-electron chi connectivity index (χ4n) is 2.43. The molecule has 0 spiro atoms. The molecule has 0 aliphatic carbocycles. The number of hydrogen-bond acceptors (Lipinski definition) is 2. The fourth-order valence-corrected chi connectivity index (χ4v) is 2.43. The summed E-state index contributed by atoms with van der Waals surface area (Å²) in [6, 6.07) is 19.8. The van der Waals surface area contributed by atoms with Crippen molar-refractivity contribution in [3.8, 4) is 16.9 Å². The molecule has 0 aliphatic rings. The van der Waals surface area contributed by atoms with E-state index < -0.39 is 11.7 Å². The lowest BCUT2D eigenvalue weighted by Gasteiger charge is -2.12. The highest BCUT2D eigenvalue weighted by atomic mass is 19.4. The number of nitrogen functional groups attached to an aromatic ring is 1. The van der Waals surface area contributed by atoms with Gasteiger partial charge >= 0.3 is 6.18 Å². The topological polar surface area (TPSA) is 35.2 Å². The first-order valence-electron chi connectivity index (χ1n) is 7.67. The third-order valence-electron chi connectivity index (χ3n) is 3.80. The zero-order valence-electron chi connectivity index (χ0n) is 13.3. The Bertz CT molecular complexity index is 843. The van der Waals surface area contributed by atoms with Crippen LogP contribution in [0.4, 0.5) is 18.9 Å². The molecule has 5 heteroatoms. The minimum absolute atomic E-state index is 0.363. The van der Waals surface area contributed by atoms with Crippen molar-refractivity contribution in [3.05, 3.63) is 83.9 Å². The number of ether oxygens (including phenoxy) is 1. The molecule has 0 aliphatic heterocycles. The van der Waals surface area contributed by atoms with E-state index in [1.807, 2.05) is 30.3 Å². The van der Waals surface area contributed by atoms with Gasteiger partial charge in [-0.05, 0) is 41.0 Å². The number of alkyl halides is 3. The second-order valence-corrected chi connectivity index (χ2v) is 5.60. The molecule has 2 N–H and O–H groups in total. The van der Waals surface area contributed by atoms with Crippen LogP contribution >= 0.6 is 0 Å². The predicted octanol–water partition coefficient (Wildman–Crippen LogP) is 5.53. The molecular formula is C20H16F3NO. The van der Waals surface area contributed by atoms with Crippen LogP contribution in [0.25, 0.3) is 11.1 Å². The third-order valence-corrected chi connectivity index (χ3v) is 3.80. The van der Waals surface area contributed by atoms with Gasteiger partial charge in [0.1, 0.15) is 12.4 Å². The molecule has 0 aromatic heterocycles. The van der Waals surface area contributed by atoms with Gasteiger partial charge < -0.3 is 10.5 Å². The SMILES string of the molecule is Nc1ccc(-c2ccc(C(F)(F)F)cc2)cc1OCc1ccccc1. The molecule has 2 nitrogen and oxygen atoms in total. The summed E-state index contributed by atoms with van der Waals surface area (Å²) in [6.07, 6.45) is -4.34. The predicted molar refractivity (Wildman–Crippen MR) is 92.1 cm³/mol. The van der Waals surface area contributed by atoms with Crippen LogP contribution in [0.3, 0.4) is 0 Å². The van der Waals surface area contributed by atoms with E-state index in [0.29, 0.717) is 23.6 Å².